The molecular weight excluding hydrogens is 206 g/mol. The number of aryl methyl sites for hydroxylation is 1. The van der Waals surface area contributed by atoms with Crippen molar-refractivity contribution in [3.8, 4) is 0 Å². The molecule has 1 aliphatic heterocycles. The van der Waals surface area contributed by atoms with Crippen molar-refractivity contribution in [1.82, 2.24) is 4.90 Å². The van der Waals surface area contributed by atoms with Crippen LogP contribution in [-0.4, -0.2) is 29.1 Å². The number of likely N-dealkylation sites (tertiary alicyclic amines) is 1. The van der Waals surface area contributed by atoms with Crippen LogP contribution in [0, 0.1) is 12.8 Å². The molecule has 0 radical (unpaired) electrons. The highest BCUT2D eigenvalue weighted by Gasteiger charge is 2.21. The Bertz CT molecular complexity index is 397. The molecule has 1 aromatic rings. The van der Waals surface area contributed by atoms with Gasteiger partial charge in [0, 0.05) is 6.54 Å². The standard InChI is InChI=1S/C12H17NO3/c1-8-3-4-13(6-8)7-10-5-11(12(14)15)9(2)16-10/h5,8H,3-4,6-7H2,1-2H3,(H,14,15). The van der Waals surface area contributed by atoms with Crippen molar-refractivity contribution in [2.45, 2.75) is 26.8 Å². The minimum absolute atomic E-state index is 0.280. The molecule has 0 spiro atoms. The largest absolute Gasteiger partial charge is 0.478 e. The minimum Gasteiger partial charge on any atom is -0.478 e. The first kappa shape index (κ1) is 11.2. The summed E-state index contributed by atoms with van der Waals surface area (Å²) in [4.78, 5) is 13.2. The van der Waals surface area contributed by atoms with Crippen LogP contribution in [0.5, 0.6) is 0 Å². The quantitative estimate of drug-likeness (QED) is 0.852. The van der Waals surface area contributed by atoms with E-state index in [0.717, 1.165) is 31.3 Å². The van der Waals surface area contributed by atoms with Crippen LogP contribution in [0.4, 0.5) is 0 Å². The Morgan fingerprint density at radius 1 is 1.69 bits per heavy atom. The Morgan fingerprint density at radius 2 is 2.44 bits per heavy atom. The maximum Gasteiger partial charge on any atom is 0.339 e. The molecule has 1 saturated heterocycles. The van der Waals surface area contributed by atoms with Crippen molar-refractivity contribution in [2.24, 2.45) is 5.92 Å². The maximum atomic E-state index is 10.9. The fraction of sp³-hybridized carbons (Fsp3) is 0.583. The first-order chi connectivity index (χ1) is 7.56. The summed E-state index contributed by atoms with van der Waals surface area (Å²) in [5, 5.41) is 8.91. The van der Waals surface area contributed by atoms with Gasteiger partial charge in [-0.2, -0.15) is 0 Å². The molecule has 0 aliphatic carbocycles. The predicted octanol–water partition coefficient (Wildman–Crippen LogP) is 2.13. The number of furan rings is 1. The Kier molecular flexibility index (Phi) is 3.01. The third-order valence-corrected chi connectivity index (χ3v) is 3.09. The molecule has 0 aromatic carbocycles. The van der Waals surface area contributed by atoms with Crippen LogP contribution in [0.15, 0.2) is 10.5 Å². The molecule has 1 fully saturated rings. The number of hydrogen-bond acceptors (Lipinski definition) is 3. The van der Waals surface area contributed by atoms with E-state index in [0.29, 0.717) is 5.76 Å². The molecule has 0 bridgehead atoms. The lowest BCUT2D eigenvalue weighted by atomic mass is 10.2. The van der Waals surface area contributed by atoms with Gasteiger partial charge in [0.2, 0.25) is 0 Å². The molecule has 2 rings (SSSR count). The van der Waals surface area contributed by atoms with Crippen molar-refractivity contribution in [1.29, 1.82) is 0 Å². The molecule has 0 amide bonds. The molecule has 4 nitrogen and oxygen atoms in total. The lowest BCUT2D eigenvalue weighted by molar-refractivity contribution is 0.0695. The molecule has 0 saturated carbocycles. The van der Waals surface area contributed by atoms with Crippen molar-refractivity contribution in [3.63, 3.8) is 0 Å². The van der Waals surface area contributed by atoms with Gasteiger partial charge in [-0.3, -0.25) is 4.90 Å². The fourth-order valence-electron chi connectivity index (χ4n) is 2.22. The predicted molar refractivity (Wildman–Crippen MR) is 59.5 cm³/mol. The number of hydrogen-bond donors (Lipinski definition) is 1. The highest BCUT2D eigenvalue weighted by atomic mass is 16.4. The molecule has 2 heterocycles. The van der Waals surface area contributed by atoms with Crippen molar-refractivity contribution < 1.29 is 14.3 Å². The normalized spacial score (nSPS) is 21.5. The summed E-state index contributed by atoms with van der Waals surface area (Å²) in [5.41, 5.74) is 0.280. The lowest BCUT2D eigenvalue weighted by Gasteiger charge is -2.12. The van der Waals surface area contributed by atoms with Gasteiger partial charge in [-0.15, -0.1) is 0 Å². The van der Waals surface area contributed by atoms with Crippen LogP contribution >= 0.6 is 0 Å². The van der Waals surface area contributed by atoms with Gasteiger partial charge in [-0.1, -0.05) is 6.92 Å². The first-order valence-corrected chi connectivity index (χ1v) is 5.61. The van der Waals surface area contributed by atoms with Gasteiger partial charge < -0.3 is 9.52 Å². The highest BCUT2D eigenvalue weighted by Crippen LogP contribution is 2.21. The summed E-state index contributed by atoms with van der Waals surface area (Å²) >= 11 is 0. The molecule has 88 valence electrons. The van der Waals surface area contributed by atoms with E-state index in [1.807, 2.05) is 0 Å². The fourth-order valence-corrected chi connectivity index (χ4v) is 2.22. The van der Waals surface area contributed by atoms with E-state index in [1.165, 1.54) is 6.42 Å². The Labute approximate surface area is 94.9 Å². The Balaban J connectivity index is 2.05. The second-order valence-corrected chi connectivity index (χ2v) is 4.62. The van der Waals surface area contributed by atoms with Gasteiger partial charge in [0.1, 0.15) is 17.1 Å². The van der Waals surface area contributed by atoms with E-state index in [-0.39, 0.29) is 5.56 Å². The third-order valence-electron chi connectivity index (χ3n) is 3.09. The van der Waals surface area contributed by atoms with Gasteiger partial charge in [-0.05, 0) is 31.9 Å². The molecule has 1 unspecified atom stereocenters. The summed E-state index contributed by atoms with van der Waals surface area (Å²) in [6.07, 6.45) is 1.21. The number of aromatic carboxylic acids is 1. The van der Waals surface area contributed by atoms with E-state index in [9.17, 15) is 4.79 Å². The number of rotatable bonds is 3. The summed E-state index contributed by atoms with van der Waals surface area (Å²) in [6.45, 7) is 6.79. The molecular formula is C12H17NO3. The summed E-state index contributed by atoms with van der Waals surface area (Å²) in [7, 11) is 0. The summed E-state index contributed by atoms with van der Waals surface area (Å²) in [5.74, 6) is 1.07. The van der Waals surface area contributed by atoms with E-state index in [2.05, 4.69) is 11.8 Å². The third kappa shape index (κ3) is 2.27. The molecule has 1 aromatic heterocycles. The van der Waals surface area contributed by atoms with Crippen molar-refractivity contribution in [3.05, 3.63) is 23.2 Å². The SMILES string of the molecule is Cc1oc(CN2CCC(C)C2)cc1C(=O)O. The molecule has 1 aliphatic rings. The molecule has 4 heteroatoms. The highest BCUT2D eigenvalue weighted by molar-refractivity contribution is 5.88. The van der Waals surface area contributed by atoms with Crippen molar-refractivity contribution in [2.75, 3.05) is 13.1 Å². The molecule has 1 atom stereocenters. The second kappa shape index (κ2) is 4.29. The topological polar surface area (TPSA) is 53.7 Å². The second-order valence-electron chi connectivity index (χ2n) is 4.62. The average molecular weight is 223 g/mol. The van der Waals surface area contributed by atoms with Crippen LogP contribution in [0.25, 0.3) is 0 Å². The van der Waals surface area contributed by atoms with Gasteiger partial charge >= 0.3 is 5.97 Å². The van der Waals surface area contributed by atoms with Crippen LogP contribution < -0.4 is 0 Å². The maximum absolute atomic E-state index is 10.9. The zero-order chi connectivity index (χ0) is 11.7. The monoisotopic (exact) mass is 223 g/mol. The number of carboxylic acids is 1. The average Bonchev–Trinajstić information content (AvgIpc) is 2.73. The van der Waals surface area contributed by atoms with Crippen LogP contribution in [0.2, 0.25) is 0 Å². The smallest absolute Gasteiger partial charge is 0.339 e. The van der Waals surface area contributed by atoms with E-state index >= 15 is 0 Å². The van der Waals surface area contributed by atoms with E-state index in [4.69, 9.17) is 9.52 Å². The van der Waals surface area contributed by atoms with E-state index < -0.39 is 5.97 Å². The lowest BCUT2D eigenvalue weighted by Crippen LogP contribution is -2.19. The minimum atomic E-state index is -0.915. The van der Waals surface area contributed by atoms with E-state index in [1.54, 1.807) is 13.0 Å². The molecule has 1 N–H and O–H groups in total. The van der Waals surface area contributed by atoms with Gasteiger partial charge in [0.05, 0.1) is 6.54 Å². The zero-order valence-corrected chi connectivity index (χ0v) is 9.69. The Morgan fingerprint density at radius 3 is 2.94 bits per heavy atom. The summed E-state index contributed by atoms with van der Waals surface area (Å²) in [6, 6.07) is 1.64. The van der Waals surface area contributed by atoms with Gasteiger partial charge in [0.25, 0.3) is 0 Å². The number of carbonyl (C=O) groups is 1. The number of nitrogens with zero attached hydrogens (tertiary/aromatic N) is 1. The summed E-state index contributed by atoms with van der Waals surface area (Å²) < 4.78 is 5.45. The van der Waals surface area contributed by atoms with Crippen LogP contribution in [0.1, 0.15) is 35.2 Å². The van der Waals surface area contributed by atoms with Crippen LogP contribution in [0.3, 0.4) is 0 Å². The van der Waals surface area contributed by atoms with Crippen molar-refractivity contribution >= 4 is 5.97 Å². The zero-order valence-electron chi connectivity index (χ0n) is 9.69. The molecule has 16 heavy (non-hydrogen) atoms. The Hall–Kier alpha value is -1.29. The number of carboxylic acid groups (broad SMARTS) is 1. The first-order valence-electron chi connectivity index (χ1n) is 5.61. The van der Waals surface area contributed by atoms with Gasteiger partial charge in [-0.25, -0.2) is 4.79 Å². The van der Waals surface area contributed by atoms with Crippen LogP contribution in [-0.2, 0) is 6.54 Å². The van der Waals surface area contributed by atoms with Gasteiger partial charge in [0.15, 0.2) is 0 Å².